The van der Waals surface area contributed by atoms with Crippen LogP contribution in [-0.2, 0) is 0 Å². The summed E-state index contributed by atoms with van der Waals surface area (Å²) in [6.45, 7) is 0.913. The highest BCUT2D eigenvalue weighted by molar-refractivity contribution is 6.06. The lowest BCUT2D eigenvalue weighted by Gasteiger charge is -2.39. The zero-order valence-electron chi connectivity index (χ0n) is 15.2. The number of carbonyl (C=O) groups excluding carboxylic acids is 1. The minimum absolute atomic E-state index is 0.00421. The van der Waals surface area contributed by atoms with E-state index in [4.69, 9.17) is 9.72 Å². The number of amides is 2. The Balaban J connectivity index is 1.48. The van der Waals surface area contributed by atoms with Crippen LogP contribution in [0, 0.1) is 0 Å². The molecule has 0 aromatic carbocycles. The van der Waals surface area contributed by atoms with Gasteiger partial charge in [-0.1, -0.05) is 6.07 Å². The molecule has 8 heteroatoms. The molecule has 1 atom stereocenters. The topological polar surface area (TPSA) is 83.5 Å². The van der Waals surface area contributed by atoms with Gasteiger partial charge >= 0.3 is 6.03 Å². The van der Waals surface area contributed by atoms with Gasteiger partial charge in [0.05, 0.1) is 18.5 Å². The number of ether oxygens (including phenoxy) is 1. The van der Waals surface area contributed by atoms with Gasteiger partial charge < -0.3 is 9.64 Å². The second kappa shape index (κ2) is 6.49. The van der Waals surface area contributed by atoms with E-state index in [1.165, 1.54) is 0 Å². The SMILES string of the molecule is COc1ccc(-c2ccc3c(n2)N(C(=O)Nc2ccccn2)C2CCN32)cn1. The number of fused-ring (bicyclic) bond motifs is 3. The van der Waals surface area contributed by atoms with Gasteiger partial charge in [-0.25, -0.2) is 19.7 Å². The third kappa shape index (κ3) is 2.61. The molecule has 2 amide bonds. The lowest BCUT2D eigenvalue weighted by atomic mass is 10.1. The van der Waals surface area contributed by atoms with Gasteiger partial charge in [0.15, 0.2) is 5.82 Å². The van der Waals surface area contributed by atoms with Crippen molar-refractivity contribution < 1.29 is 9.53 Å². The standard InChI is InChI=1S/C20H18N6O2/c1-28-17-8-5-13(12-22-17)14-6-7-15-19(23-14)26(18-9-11-25(15)18)20(27)24-16-4-2-3-10-21-16/h2-8,10,12,18H,9,11H2,1H3,(H,21,24,27). The second-order valence-electron chi connectivity index (χ2n) is 6.61. The molecule has 2 aliphatic rings. The summed E-state index contributed by atoms with van der Waals surface area (Å²) >= 11 is 0. The Morgan fingerprint density at radius 1 is 1.18 bits per heavy atom. The Morgan fingerprint density at radius 2 is 2.11 bits per heavy atom. The highest BCUT2D eigenvalue weighted by Crippen LogP contribution is 2.45. The highest BCUT2D eigenvalue weighted by Gasteiger charge is 2.46. The van der Waals surface area contributed by atoms with E-state index < -0.39 is 0 Å². The normalized spacial score (nSPS) is 16.8. The molecule has 28 heavy (non-hydrogen) atoms. The molecule has 1 N–H and O–H groups in total. The molecule has 140 valence electrons. The molecule has 1 saturated heterocycles. The minimum Gasteiger partial charge on any atom is -0.481 e. The summed E-state index contributed by atoms with van der Waals surface area (Å²) in [5.41, 5.74) is 2.59. The van der Waals surface area contributed by atoms with Crippen LogP contribution < -0.4 is 19.9 Å². The second-order valence-corrected chi connectivity index (χ2v) is 6.61. The monoisotopic (exact) mass is 374 g/mol. The van der Waals surface area contributed by atoms with Gasteiger partial charge in [-0.2, -0.15) is 0 Å². The van der Waals surface area contributed by atoms with Crippen molar-refractivity contribution in [2.24, 2.45) is 0 Å². The lowest BCUT2D eigenvalue weighted by Crippen LogP contribution is -2.56. The van der Waals surface area contributed by atoms with E-state index in [2.05, 4.69) is 20.2 Å². The highest BCUT2D eigenvalue weighted by atomic mass is 16.5. The molecule has 5 heterocycles. The number of methoxy groups -OCH3 is 1. The summed E-state index contributed by atoms with van der Waals surface area (Å²) in [7, 11) is 1.58. The van der Waals surface area contributed by atoms with Crippen molar-refractivity contribution in [2.45, 2.75) is 12.6 Å². The fourth-order valence-corrected chi connectivity index (χ4v) is 3.56. The molecule has 1 unspecified atom stereocenters. The number of hydrogen-bond donors (Lipinski definition) is 1. The molecule has 0 spiro atoms. The summed E-state index contributed by atoms with van der Waals surface area (Å²) in [5.74, 6) is 1.72. The zero-order chi connectivity index (χ0) is 19.1. The first-order valence-electron chi connectivity index (χ1n) is 9.04. The number of nitrogens with zero attached hydrogens (tertiary/aromatic N) is 5. The number of urea groups is 1. The predicted octanol–water partition coefficient (Wildman–Crippen LogP) is 3.14. The minimum atomic E-state index is -0.232. The van der Waals surface area contributed by atoms with Gasteiger partial charge in [0.25, 0.3) is 0 Å². The number of carbonyl (C=O) groups is 1. The summed E-state index contributed by atoms with van der Waals surface area (Å²) in [4.78, 5) is 30.1. The van der Waals surface area contributed by atoms with Crippen LogP contribution in [0.2, 0.25) is 0 Å². The maximum Gasteiger partial charge on any atom is 0.330 e. The molecule has 1 fully saturated rings. The van der Waals surface area contributed by atoms with Gasteiger partial charge in [0.2, 0.25) is 5.88 Å². The molecular formula is C20H18N6O2. The van der Waals surface area contributed by atoms with E-state index in [-0.39, 0.29) is 12.2 Å². The maximum atomic E-state index is 13.0. The molecule has 5 rings (SSSR count). The van der Waals surface area contributed by atoms with E-state index in [1.54, 1.807) is 36.5 Å². The molecule has 0 radical (unpaired) electrons. The molecule has 0 bridgehead atoms. The van der Waals surface area contributed by atoms with Gasteiger partial charge in [0, 0.05) is 37.0 Å². The predicted molar refractivity (Wildman–Crippen MR) is 106 cm³/mol. The Bertz CT molecular complexity index is 1020. The Morgan fingerprint density at radius 3 is 2.79 bits per heavy atom. The van der Waals surface area contributed by atoms with E-state index in [1.807, 2.05) is 30.3 Å². The zero-order valence-corrected chi connectivity index (χ0v) is 15.2. The van der Waals surface area contributed by atoms with Crippen molar-refractivity contribution in [1.82, 2.24) is 15.0 Å². The number of pyridine rings is 3. The average Bonchev–Trinajstić information content (AvgIpc) is 2.94. The molecular weight excluding hydrogens is 356 g/mol. The van der Waals surface area contributed by atoms with E-state index in [0.717, 1.165) is 29.9 Å². The maximum absolute atomic E-state index is 13.0. The van der Waals surface area contributed by atoms with Crippen LogP contribution in [0.4, 0.5) is 22.1 Å². The summed E-state index contributed by atoms with van der Waals surface area (Å²) in [5, 5.41) is 2.86. The quantitative estimate of drug-likeness (QED) is 0.758. The van der Waals surface area contributed by atoms with Gasteiger partial charge in [-0.3, -0.25) is 10.2 Å². The van der Waals surface area contributed by atoms with Crippen molar-refractivity contribution in [3.63, 3.8) is 0 Å². The number of nitrogens with one attached hydrogen (secondary N) is 1. The Kier molecular flexibility index (Phi) is 3.82. The first kappa shape index (κ1) is 16.5. The lowest BCUT2D eigenvalue weighted by molar-refractivity contribution is 0.252. The molecule has 8 nitrogen and oxygen atoms in total. The third-order valence-corrected chi connectivity index (χ3v) is 5.04. The fourth-order valence-electron chi connectivity index (χ4n) is 3.56. The first-order valence-corrected chi connectivity index (χ1v) is 9.04. The molecule has 0 aliphatic carbocycles. The van der Waals surface area contributed by atoms with Crippen LogP contribution in [0.15, 0.2) is 54.9 Å². The average molecular weight is 374 g/mol. The summed E-state index contributed by atoms with van der Waals surface area (Å²) < 4.78 is 5.12. The number of anilines is 3. The van der Waals surface area contributed by atoms with Crippen LogP contribution in [0.1, 0.15) is 6.42 Å². The van der Waals surface area contributed by atoms with E-state index >= 15 is 0 Å². The van der Waals surface area contributed by atoms with Crippen LogP contribution >= 0.6 is 0 Å². The van der Waals surface area contributed by atoms with E-state index in [0.29, 0.717) is 17.5 Å². The largest absolute Gasteiger partial charge is 0.481 e. The van der Waals surface area contributed by atoms with Crippen molar-refractivity contribution in [3.05, 3.63) is 54.9 Å². The van der Waals surface area contributed by atoms with Gasteiger partial charge in [-0.05, 0) is 30.3 Å². The smallest absolute Gasteiger partial charge is 0.330 e. The molecule has 3 aromatic heterocycles. The van der Waals surface area contributed by atoms with Crippen LogP contribution in [0.5, 0.6) is 5.88 Å². The Hall–Kier alpha value is -3.68. The molecule has 0 saturated carbocycles. The third-order valence-electron chi connectivity index (χ3n) is 5.04. The molecule has 2 aliphatic heterocycles. The van der Waals surface area contributed by atoms with Crippen LogP contribution in [0.25, 0.3) is 11.3 Å². The van der Waals surface area contributed by atoms with E-state index in [9.17, 15) is 4.79 Å². The number of rotatable bonds is 3. The fraction of sp³-hybridized carbons (Fsp3) is 0.200. The Labute approximate surface area is 161 Å². The molecule has 3 aromatic rings. The number of hydrogen-bond acceptors (Lipinski definition) is 6. The first-order chi connectivity index (χ1) is 13.7. The van der Waals surface area contributed by atoms with Crippen molar-refractivity contribution in [1.29, 1.82) is 0 Å². The van der Waals surface area contributed by atoms with Crippen LogP contribution in [0.3, 0.4) is 0 Å². The van der Waals surface area contributed by atoms with Crippen LogP contribution in [-0.4, -0.2) is 40.8 Å². The summed E-state index contributed by atoms with van der Waals surface area (Å²) in [6, 6.07) is 12.9. The van der Waals surface area contributed by atoms with Crippen molar-refractivity contribution in [3.8, 4) is 17.1 Å². The number of aromatic nitrogens is 3. The van der Waals surface area contributed by atoms with Crippen molar-refractivity contribution >= 4 is 23.4 Å². The summed E-state index contributed by atoms with van der Waals surface area (Å²) in [6.07, 6.45) is 4.27. The van der Waals surface area contributed by atoms with Crippen molar-refractivity contribution in [2.75, 3.05) is 28.8 Å². The van der Waals surface area contributed by atoms with Gasteiger partial charge in [0.1, 0.15) is 12.0 Å². The van der Waals surface area contributed by atoms with Gasteiger partial charge in [-0.15, -0.1) is 0 Å².